The first-order chi connectivity index (χ1) is 9.74. The van der Waals surface area contributed by atoms with Crippen molar-refractivity contribution in [1.82, 2.24) is 9.55 Å². The van der Waals surface area contributed by atoms with Gasteiger partial charge < -0.3 is 10.3 Å². The van der Waals surface area contributed by atoms with E-state index in [0.717, 1.165) is 17.1 Å². The van der Waals surface area contributed by atoms with E-state index < -0.39 is 0 Å². The molecule has 0 atom stereocenters. The van der Waals surface area contributed by atoms with Crippen molar-refractivity contribution < 1.29 is 0 Å². The molecular weight excluding hydrogens is 248 g/mol. The average Bonchev–Trinajstić information content (AvgIpc) is 3.27. The number of nitrogens with two attached hydrogens (primary N) is 1. The van der Waals surface area contributed by atoms with E-state index in [-0.39, 0.29) is 0 Å². The van der Waals surface area contributed by atoms with Crippen LogP contribution in [0.1, 0.15) is 30.1 Å². The number of nitriles is 1. The van der Waals surface area contributed by atoms with Gasteiger partial charge in [-0.1, -0.05) is 18.2 Å². The second-order valence-electron chi connectivity index (χ2n) is 5.07. The third kappa shape index (κ3) is 2.08. The van der Waals surface area contributed by atoms with Crippen LogP contribution in [0.15, 0.2) is 36.9 Å². The zero-order valence-electron chi connectivity index (χ0n) is 11.2. The normalized spacial score (nSPS) is 13.9. The standard InChI is InChI=1S/C16H16N4/c1-2-9-20-15(18)14(19-16(20)13-7-8-13)12-5-3-11(10-17)4-6-12/h2-6,13H,1,7-9,18H2. The molecule has 2 N–H and O–H groups in total. The van der Waals surface area contributed by atoms with Gasteiger partial charge in [0, 0.05) is 18.0 Å². The van der Waals surface area contributed by atoms with E-state index in [2.05, 4.69) is 12.6 Å². The van der Waals surface area contributed by atoms with Crippen molar-refractivity contribution in [1.29, 1.82) is 5.26 Å². The van der Waals surface area contributed by atoms with Crippen molar-refractivity contribution in [2.24, 2.45) is 0 Å². The third-order valence-electron chi connectivity index (χ3n) is 3.58. The lowest BCUT2D eigenvalue weighted by Crippen LogP contribution is -2.05. The molecule has 20 heavy (non-hydrogen) atoms. The van der Waals surface area contributed by atoms with Crippen LogP contribution in [-0.2, 0) is 6.54 Å². The highest BCUT2D eigenvalue weighted by Gasteiger charge is 2.30. The monoisotopic (exact) mass is 264 g/mol. The van der Waals surface area contributed by atoms with Crippen molar-refractivity contribution >= 4 is 5.82 Å². The summed E-state index contributed by atoms with van der Waals surface area (Å²) in [5.41, 5.74) is 8.64. The molecule has 0 aliphatic heterocycles. The number of nitrogen functional groups attached to an aromatic ring is 1. The average molecular weight is 264 g/mol. The molecule has 4 nitrogen and oxygen atoms in total. The van der Waals surface area contributed by atoms with Gasteiger partial charge in [-0.25, -0.2) is 4.98 Å². The number of benzene rings is 1. The molecule has 4 heteroatoms. The number of nitrogens with zero attached hydrogens (tertiary/aromatic N) is 3. The Balaban J connectivity index is 2.06. The number of allylic oxidation sites excluding steroid dienone is 1. The Morgan fingerprint density at radius 3 is 2.65 bits per heavy atom. The smallest absolute Gasteiger partial charge is 0.132 e. The van der Waals surface area contributed by atoms with E-state index in [0.29, 0.717) is 23.8 Å². The summed E-state index contributed by atoms with van der Waals surface area (Å²) in [5, 5.41) is 8.85. The fourth-order valence-electron chi connectivity index (χ4n) is 2.37. The molecule has 0 bridgehead atoms. The lowest BCUT2D eigenvalue weighted by Gasteiger charge is -2.05. The van der Waals surface area contributed by atoms with Gasteiger partial charge in [-0.15, -0.1) is 6.58 Å². The topological polar surface area (TPSA) is 67.6 Å². The molecular formula is C16H16N4. The highest BCUT2D eigenvalue weighted by atomic mass is 15.1. The zero-order valence-corrected chi connectivity index (χ0v) is 11.2. The van der Waals surface area contributed by atoms with Crippen LogP contribution in [0.5, 0.6) is 0 Å². The highest BCUT2D eigenvalue weighted by Crippen LogP contribution is 2.42. The Bertz CT molecular complexity index is 685. The largest absolute Gasteiger partial charge is 0.383 e. The number of imidazole rings is 1. The molecule has 0 spiro atoms. The Labute approximate surface area is 118 Å². The quantitative estimate of drug-likeness (QED) is 0.863. The van der Waals surface area contributed by atoms with Crippen LogP contribution < -0.4 is 5.73 Å². The summed E-state index contributed by atoms with van der Waals surface area (Å²) < 4.78 is 2.04. The predicted molar refractivity (Wildman–Crippen MR) is 79.0 cm³/mol. The molecule has 0 saturated heterocycles. The van der Waals surface area contributed by atoms with Crippen molar-refractivity contribution in [2.45, 2.75) is 25.3 Å². The number of anilines is 1. The Morgan fingerprint density at radius 2 is 2.10 bits per heavy atom. The van der Waals surface area contributed by atoms with Crippen molar-refractivity contribution in [3.05, 3.63) is 48.3 Å². The van der Waals surface area contributed by atoms with E-state index in [4.69, 9.17) is 16.0 Å². The number of aromatic nitrogens is 2. The first kappa shape index (κ1) is 12.5. The summed E-state index contributed by atoms with van der Waals surface area (Å²) in [6.45, 7) is 4.46. The summed E-state index contributed by atoms with van der Waals surface area (Å²) in [4.78, 5) is 4.72. The zero-order chi connectivity index (χ0) is 14.1. The minimum Gasteiger partial charge on any atom is -0.383 e. The molecule has 1 aliphatic carbocycles. The van der Waals surface area contributed by atoms with Crippen molar-refractivity contribution in [3.63, 3.8) is 0 Å². The molecule has 1 aromatic heterocycles. The molecule has 1 aliphatic rings. The molecule has 1 aromatic carbocycles. The molecule has 1 fully saturated rings. The number of rotatable bonds is 4. The SMILES string of the molecule is C=CCn1c(C2CC2)nc(-c2ccc(C#N)cc2)c1N. The van der Waals surface area contributed by atoms with Gasteiger partial charge in [0.15, 0.2) is 0 Å². The summed E-state index contributed by atoms with van der Waals surface area (Å²) in [5.74, 6) is 2.27. The van der Waals surface area contributed by atoms with Crippen molar-refractivity contribution in [3.8, 4) is 17.3 Å². The first-order valence-corrected chi connectivity index (χ1v) is 6.72. The van der Waals surface area contributed by atoms with E-state index >= 15 is 0 Å². The Hall–Kier alpha value is -2.54. The van der Waals surface area contributed by atoms with Gasteiger partial charge in [-0.2, -0.15) is 5.26 Å². The molecule has 0 amide bonds. The molecule has 0 unspecified atom stereocenters. The molecule has 0 radical (unpaired) electrons. The van der Waals surface area contributed by atoms with E-state index in [1.54, 1.807) is 12.1 Å². The maximum atomic E-state index is 8.85. The van der Waals surface area contributed by atoms with Crippen LogP contribution in [0, 0.1) is 11.3 Å². The minimum atomic E-state index is 0.532. The van der Waals surface area contributed by atoms with Gasteiger partial charge >= 0.3 is 0 Å². The van der Waals surface area contributed by atoms with Crippen LogP contribution in [0.3, 0.4) is 0 Å². The number of hydrogen-bond acceptors (Lipinski definition) is 3. The molecule has 1 saturated carbocycles. The second-order valence-corrected chi connectivity index (χ2v) is 5.07. The van der Waals surface area contributed by atoms with Crippen LogP contribution in [0.2, 0.25) is 0 Å². The number of hydrogen-bond donors (Lipinski definition) is 1. The summed E-state index contributed by atoms with van der Waals surface area (Å²) in [6.07, 6.45) is 4.20. The van der Waals surface area contributed by atoms with Gasteiger partial charge in [0.1, 0.15) is 17.3 Å². The van der Waals surface area contributed by atoms with Crippen LogP contribution in [-0.4, -0.2) is 9.55 Å². The molecule has 3 rings (SSSR count). The van der Waals surface area contributed by atoms with Crippen LogP contribution in [0.25, 0.3) is 11.3 Å². The first-order valence-electron chi connectivity index (χ1n) is 6.72. The van der Waals surface area contributed by atoms with Gasteiger partial charge in [0.2, 0.25) is 0 Å². The molecule has 100 valence electrons. The van der Waals surface area contributed by atoms with Crippen LogP contribution in [0.4, 0.5) is 5.82 Å². The Morgan fingerprint density at radius 1 is 1.40 bits per heavy atom. The summed E-state index contributed by atoms with van der Waals surface area (Å²) in [6, 6.07) is 9.48. The minimum absolute atomic E-state index is 0.532. The van der Waals surface area contributed by atoms with Gasteiger partial charge in [0.05, 0.1) is 11.6 Å². The maximum Gasteiger partial charge on any atom is 0.132 e. The lowest BCUT2D eigenvalue weighted by atomic mass is 10.1. The summed E-state index contributed by atoms with van der Waals surface area (Å²) >= 11 is 0. The van der Waals surface area contributed by atoms with Gasteiger partial charge in [-0.3, -0.25) is 0 Å². The third-order valence-corrected chi connectivity index (χ3v) is 3.58. The van der Waals surface area contributed by atoms with E-state index in [1.807, 2.05) is 22.8 Å². The fraction of sp³-hybridized carbons (Fsp3) is 0.250. The van der Waals surface area contributed by atoms with Crippen LogP contribution >= 0.6 is 0 Å². The van der Waals surface area contributed by atoms with Crippen molar-refractivity contribution in [2.75, 3.05) is 5.73 Å². The van der Waals surface area contributed by atoms with Gasteiger partial charge in [0.25, 0.3) is 0 Å². The Kier molecular flexibility index (Phi) is 3.03. The summed E-state index contributed by atoms with van der Waals surface area (Å²) in [7, 11) is 0. The van der Waals surface area contributed by atoms with E-state index in [9.17, 15) is 0 Å². The maximum absolute atomic E-state index is 8.85. The fourth-order valence-corrected chi connectivity index (χ4v) is 2.37. The van der Waals surface area contributed by atoms with Gasteiger partial charge in [-0.05, 0) is 25.0 Å². The second kappa shape index (κ2) is 4.86. The highest BCUT2D eigenvalue weighted by molar-refractivity contribution is 5.71. The molecule has 1 heterocycles. The molecule has 2 aromatic rings. The predicted octanol–water partition coefficient (Wildman–Crippen LogP) is 3.07. The lowest BCUT2D eigenvalue weighted by molar-refractivity contribution is 0.750. The van der Waals surface area contributed by atoms with E-state index in [1.165, 1.54) is 12.8 Å².